The van der Waals surface area contributed by atoms with E-state index in [9.17, 15) is 18.4 Å². The summed E-state index contributed by atoms with van der Waals surface area (Å²) in [5, 5.41) is 2.61. The van der Waals surface area contributed by atoms with Crippen LogP contribution in [0.3, 0.4) is 0 Å². The van der Waals surface area contributed by atoms with E-state index < -0.39 is 17.5 Å². The summed E-state index contributed by atoms with van der Waals surface area (Å²) in [6.45, 7) is 5.80. The summed E-state index contributed by atoms with van der Waals surface area (Å²) >= 11 is 0. The summed E-state index contributed by atoms with van der Waals surface area (Å²) in [4.78, 5) is 25.5. The van der Waals surface area contributed by atoms with Gasteiger partial charge in [0.2, 0.25) is 5.91 Å². The summed E-state index contributed by atoms with van der Waals surface area (Å²) in [6.07, 6.45) is 0. The molecule has 6 heteroatoms. The highest BCUT2D eigenvalue weighted by atomic mass is 19.2. The van der Waals surface area contributed by atoms with E-state index in [4.69, 9.17) is 0 Å². The Kier molecular flexibility index (Phi) is 5.85. The number of carbonyl (C=O) groups is 2. The topological polar surface area (TPSA) is 49.4 Å². The molecular weight excluding hydrogens is 326 g/mol. The fraction of sp³-hybridized carbons (Fsp3) is 0.263. The monoisotopic (exact) mass is 346 g/mol. The minimum absolute atomic E-state index is 0.0275. The van der Waals surface area contributed by atoms with Crippen molar-refractivity contribution in [2.24, 2.45) is 0 Å². The molecule has 2 aromatic carbocycles. The van der Waals surface area contributed by atoms with Gasteiger partial charge in [-0.15, -0.1) is 0 Å². The predicted octanol–water partition coefficient (Wildman–Crippen LogP) is 3.36. The van der Waals surface area contributed by atoms with Crippen molar-refractivity contribution >= 4 is 17.5 Å². The third-order valence-corrected chi connectivity index (χ3v) is 3.70. The number of hydrogen-bond donors (Lipinski definition) is 1. The number of benzene rings is 2. The fourth-order valence-corrected chi connectivity index (χ4v) is 2.60. The summed E-state index contributed by atoms with van der Waals surface area (Å²) in [7, 11) is 0. The Labute approximate surface area is 145 Å². The van der Waals surface area contributed by atoms with E-state index >= 15 is 0 Å². The molecule has 0 aliphatic rings. The van der Waals surface area contributed by atoms with Crippen LogP contribution in [0.2, 0.25) is 0 Å². The van der Waals surface area contributed by atoms with Gasteiger partial charge in [0.1, 0.15) is 0 Å². The Morgan fingerprint density at radius 1 is 1.00 bits per heavy atom. The Hall–Kier alpha value is -2.76. The first-order valence-electron chi connectivity index (χ1n) is 7.87. The van der Waals surface area contributed by atoms with Crippen molar-refractivity contribution in [1.29, 1.82) is 0 Å². The first-order valence-corrected chi connectivity index (χ1v) is 7.87. The Morgan fingerprint density at radius 2 is 1.64 bits per heavy atom. The van der Waals surface area contributed by atoms with Crippen molar-refractivity contribution in [1.82, 2.24) is 5.32 Å². The number of anilines is 1. The Morgan fingerprint density at radius 3 is 2.20 bits per heavy atom. The molecule has 2 rings (SSSR count). The van der Waals surface area contributed by atoms with Crippen molar-refractivity contribution in [3.05, 3.63) is 64.7 Å². The zero-order valence-corrected chi connectivity index (χ0v) is 14.4. The lowest BCUT2D eigenvalue weighted by Crippen LogP contribution is -2.37. The van der Waals surface area contributed by atoms with Crippen molar-refractivity contribution in [3.8, 4) is 0 Å². The van der Waals surface area contributed by atoms with Crippen LogP contribution in [-0.4, -0.2) is 24.9 Å². The number of halogens is 2. The maximum atomic E-state index is 13.2. The van der Waals surface area contributed by atoms with E-state index in [-0.39, 0.29) is 24.6 Å². The lowest BCUT2D eigenvalue weighted by molar-refractivity contribution is -0.116. The van der Waals surface area contributed by atoms with Gasteiger partial charge in [-0.3, -0.25) is 9.59 Å². The van der Waals surface area contributed by atoms with Crippen LogP contribution in [-0.2, 0) is 4.79 Å². The summed E-state index contributed by atoms with van der Waals surface area (Å²) in [5.41, 5.74) is 2.85. The zero-order chi connectivity index (χ0) is 18.6. The number of carbonyl (C=O) groups excluding carboxylic acids is 2. The van der Waals surface area contributed by atoms with Gasteiger partial charge in [0, 0.05) is 31.3 Å². The van der Waals surface area contributed by atoms with Crippen LogP contribution in [0.4, 0.5) is 14.5 Å². The van der Waals surface area contributed by atoms with Crippen LogP contribution >= 0.6 is 0 Å². The molecule has 25 heavy (non-hydrogen) atoms. The minimum Gasteiger partial charge on any atom is -0.350 e. The number of hydrogen-bond acceptors (Lipinski definition) is 2. The molecule has 132 valence electrons. The third kappa shape index (κ3) is 4.86. The highest BCUT2D eigenvalue weighted by Crippen LogP contribution is 2.18. The van der Waals surface area contributed by atoms with Crippen molar-refractivity contribution in [2.45, 2.75) is 20.8 Å². The normalized spacial score (nSPS) is 10.4. The molecule has 0 aliphatic heterocycles. The molecule has 4 nitrogen and oxygen atoms in total. The summed E-state index contributed by atoms with van der Waals surface area (Å²) < 4.78 is 26.1. The van der Waals surface area contributed by atoms with Gasteiger partial charge in [0.15, 0.2) is 11.6 Å². The fourth-order valence-electron chi connectivity index (χ4n) is 2.60. The number of rotatable bonds is 5. The summed E-state index contributed by atoms with van der Waals surface area (Å²) in [5.74, 6) is -2.75. The second-order valence-corrected chi connectivity index (χ2v) is 5.90. The van der Waals surface area contributed by atoms with Gasteiger partial charge in [0.25, 0.3) is 5.91 Å². The van der Waals surface area contributed by atoms with Gasteiger partial charge in [-0.05, 0) is 55.3 Å². The molecule has 0 unspecified atom stereocenters. The van der Waals surface area contributed by atoms with Crippen LogP contribution in [0.15, 0.2) is 36.4 Å². The molecule has 2 amide bonds. The molecule has 1 N–H and O–H groups in total. The van der Waals surface area contributed by atoms with Crippen LogP contribution < -0.4 is 10.2 Å². The SMILES string of the molecule is CC(=O)N(CCNC(=O)c1ccc(F)c(F)c1)c1cc(C)cc(C)c1. The van der Waals surface area contributed by atoms with Gasteiger partial charge in [0.05, 0.1) is 0 Å². The zero-order valence-electron chi connectivity index (χ0n) is 14.4. The molecule has 0 saturated carbocycles. The second kappa shape index (κ2) is 7.88. The largest absolute Gasteiger partial charge is 0.350 e. The van der Waals surface area contributed by atoms with Crippen LogP contribution in [0.25, 0.3) is 0 Å². The van der Waals surface area contributed by atoms with Crippen LogP contribution in [0.5, 0.6) is 0 Å². The number of nitrogens with one attached hydrogen (secondary N) is 1. The lowest BCUT2D eigenvalue weighted by atomic mass is 10.1. The molecule has 0 spiro atoms. The van der Waals surface area contributed by atoms with Crippen molar-refractivity contribution < 1.29 is 18.4 Å². The Bertz CT molecular complexity index is 786. The van der Waals surface area contributed by atoms with Gasteiger partial charge in [-0.1, -0.05) is 6.07 Å². The molecule has 0 aliphatic carbocycles. The standard InChI is InChI=1S/C19H20F2N2O2/c1-12-8-13(2)10-16(9-12)23(14(3)24)7-6-22-19(25)15-4-5-17(20)18(21)11-15/h4-5,8-11H,6-7H2,1-3H3,(H,22,25). The van der Waals surface area contributed by atoms with E-state index in [1.165, 1.54) is 13.0 Å². The highest BCUT2D eigenvalue weighted by molar-refractivity contribution is 5.94. The van der Waals surface area contributed by atoms with Gasteiger partial charge in [-0.2, -0.15) is 0 Å². The van der Waals surface area contributed by atoms with E-state index in [1.54, 1.807) is 4.90 Å². The van der Waals surface area contributed by atoms with Crippen molar-refractivity contribution in [3.63, 3.8) is 0 Å². The molecule has 0 radical (unpaired) electrons. The van der Waals surface area contributed by atoms with Crippen molar-refractivity contribution in [2.75, 3.05) is 18.0 Å². The quantitative estimate of drug-likeness (QED) is 0.902. The highest BCUT2D eigenvalue weighted by Gasteiger charge is 2.14. The molecule has 0 fully saturated rings. The molecule has 0 saturated heterocycles. The second-order valence-electron chi connectivity index (χ2n) is 5.90. The smallest absolute Gasteiger partial charge is 0.251 e. The number of aryl methyl sites for hydroxylation is 2. The molecule has 0 bridgehead atoms. The van der Waals surface area contributed by atoms with Crippen LogP contribution in [0.1, 0.15) is 28.4 Å². The summed E-state index contributed by atoms with van der Waals surface area (Å²) in [6, 6.07) is 8.75. The first kappa shape index (κ1) is 18.6. The van der Waals surface area contributed by atoms with Gasteiger partial charge < -0.3 is 10.2 Å². The average Bonchev–Trinajstić information content (AvgIpc) is 2.52. The molecule has 2 aromatic rings. The maximum absolute atomic E-state index is 13.2. The lowest BCUT2D eigenvalue weighted by Gasteiger charge is -2.22. The number of amides is 2. The molecule has 0 heterocycles. The number of nitrogens with zero attached hydrogens (tertiary/aromatic N) is 1. The van der Waals surface area contributed by atoms with Crippen LogP contribution in [0, 0.1) is 25.5 Å². The molecular formula is C19H20F2N2O2. The van der Waals surface area contributed by atoms with Gasteiger partial charge >= 0.3 is 0 Å². The molecule has 0 aromatic heterocycles. The van der Waals surface area contributed by atoms with E-state index in [0.29, 0.717) is 0 Å². The predicted molar refractivity (Wildman–Crippen MR) is 92.6 cm³/mol. The third-order valence-electron chi connectivity index (χ3n) is 3.70. The van der Waals surface area contributed by atoms with Gasteiger partial charge in [-0.25, -0.2) is 8.78 Å². The first-order chi connectivity index (χ1) is 11.8. The maximum Gasteiger partial charge on any atom is 0.251 e. The van der Waals surface area contributed by atoms with E-state index in [0.717, 1.165) is 28.9 Å². The van der Waals surface area contributed by atoms with E-state index in [2.05, 4.69) is 5.32 Å². The van der Waals surface area contributed by atoms with E-state index in [1.807, 2.05) is 32.0 Å². The minimum atomic E-state index is -1.08. The Balaban J connectivity index is 2.03. The molecule has 0 atom stereocenters. The average molecular weight is 346 g/mol.